The van der Waals surface area contributed by atoms with E-state index in [2.05, 4.69) is 10.3 Å². The quantitative estimate of drug-likeness (QED) is 0.367. The van der Waals surface area contributed by atoms with Crippen LogP contribution in [0.2, 0.25) is 0 Å². The molecule has 1 aliphatic heterocycles. The molecule has 188 valence electrons. The molecule has 3 aromatic carbocycles. The molecule has 0 spiro atoms. The average molecular weight is 534 g/mol. The normalized spacial score (nSPS) is 16.8. The summed E-state index contributed by atoms with van der Waals surface area (Å²) in [6.45, 7) is 0.214. The van der Waals surface area contributed by atoms with Crippen molar-refractivity contribution >= 4 is 27.7 Å². The number of hydrogen-bond donors (Lipinski definition) is 1. The van der Waals surface area contributed by atoms with Crippen LogP contribution >= 0.6 is 11.8 Å². The molecular formula is C28H24FN3O3S2. The number of nitrogens with one attached hydrogen (secondary N) is 1. The Labute approximate surface area is 219 Å². The summed E-state index contributed by atoms with van der Waals surface area (Å²) in [7, 11) is -3.96. The van der Waals surface area contributed by atoms with Crippen LogP contribution in [0.1, 0.15) is 17.2 Å². The van der Waals surface area contributed by atoms with E-state index in [4.69, 9.17) is 0 Å². The van der Waals surface area contributed by atoms with Crippen LogP contribution in [-0.2, 0) is 14.8 Å². The molecule has 9 heteroatoms. The lowest BCUT2D eigenvalue weighted by Gasteiger charge is -2.26. The number of aromatic nitrogens is 1. The zero-order chi connectivity index (χ0) is 25.8. The highest BCUT2D eigenvalue weighted by molar-refractivity contribution is 8.02. The second kappa shape index (κ2) is 10.8. The first-order valence-corrected chi connectivity index (χ1v) is 14.2. The summed E-state index contributed by atoms with van der Waals surface area (Å²) in [5.41, 5.74) is 2.69. The zero-order valence-electron chi connectivity index (χ0n) is 19.7. The number of hydrogen-bond acceptors (Lipinski definition) is 5. The van der Waals surface area contributed by atoms with Gasteiger partial charge in [-0.15, -0.1) is 11.8 Å². The highest BCUT2D eigenvalue weighted by atomic mass is 32.2. The second-order valence-corrected chi connectivity index (χ2v) is 11.6. The third-order valence-corrected chi connectivity index (χ3v) is 9.39. The second-order valence-electron chi connectivity index (χ2n) is 8.48. The molecule has 1 amide bonds. The molecular weight excluding hydrogens is 509 g/mol. The first-order valence-electron chi connectivity index (χ1n) is 11.7. The molecule has 1 aliphatic rings. The monoisotopic (exact) mass is 533 g/mol. The minimum Gasteiger partial charge on any atom is -0.343 e. The van der Waals surface area contributed by atoms with Crippen LogP contribution in [0.5, 0.6) is 0 Å². The summed E-state index contributed by atoms with van der Waals surface area (Å²) < 4.78 is 42.5. The smallest absolute Gasteiger partial charge is 0.249 e. The molecule has 0 unspecified atom stereocenters. The summed E-state index contributed by atoms with van der Waals surface area (Å²) in [5.74, 6) is -0.275. The predicted octanol–water partition coefficient (Wildman–Crippen LogP) is 4.86. The molecule has 37 heavy (non-hydrogen) atoms. The van der Waals surface area contributed by atoms with Crippen LogP contribution in [0.15, 0.2) is 108 Å². The molecule has 6 nitrogen and oxygen atoms in total. The lowest BCUT2D eigenvalue weighted by Crippen LogP contribution is -2.45. The third-order valence-electron chi connectivity index (χ3n) is 6.18. The SMILES string of the molecule is O=C(N[C@H](c1ccccc1)c1ccncc1)[C@@H]1SCCN1S(=O)(=O)c1ccc(-c2ccccc2F)cc1. The number of nitrogens with zero attached hydrogens (tertiary/aromatic N) is 2. The van der Waals surface area contributed by atoms with Crippen molar-refractivity contribution in [2.45, 2.75) is 16.3 Å². The minimum absolute atomic E-state index is 0.0571. The van der Waals surface area contributed by atoms with Crippen molar-refractivity contribution in [1.82, 2.24) is 14.6 Å². The topological polar surface area (TPSA) is 79.4 Å². The van der Waals surface area contributed by atoms with E-state index in [1.165, 1.54) is 34.3 Å². The van der Waals surface area contributed by atoms with Crippen molar-refractivity contribution in [2.24, 2.45) is 0 Å². The zero-order valence-corrected chi connectivity index (χ0v) is 21.3. The fourth-order valence-electron chi connectivity index (χ4n) is 4.32. The molecule has 0 aliphatic carbocycles. The molecule has 1 fully saturated rings. The molecule has 2 atom stereocenters. The Morgan fingerprint density at radius 3 is 2.27 bits per heavy atom. The van der Waals surface area contributed by atoms with Gasteiger partial charge in [0.25, 0.3) is 0 Å². The van der Waals surface area contributed by atoms with Gasteiger partial charge in [0.1, 0.15) is 11.2 Å². The summed E-state index contributed by atoms with van der Waals surface area (Å²) >= 11 is 1.29. The molecule has 2 heterocycles. The molecule has 1 aromatic heterocycles. The average Bonchev–Trinajstić information content (AvgIpc) is 3.44. The molecule has 4 aromatic rings. The molecule has 0 radical (unpaired) electrons. The fraction of sp³-hybridized carbons (Fsp3) is 0.143. The van der Waals surface area contributed by atoms with Gasteiger partial charge in [0.15, 0.2) is 0 Å². The van der Waals surface area contributed by atoms with E-state index in [1.54, 1.807) is 42.7 Å². The van der Waals surface area contributed by atoms with Gasteiger partial charge in [-0.05, 0) is 47.0 Å². The van der Waals surface area contributed by atoms with Crippen LogP contribution in [0, 0.1) is 5.82 Å². The number of sulfonamides is 1. The predicted molar refractivity (Wildman–Crippen MR) is 143 cm³/mol. The van der Waals surface area contributed by atoms with Gasteiger partial charge in [-0.1, -0.05) is 60.7 Å². The maximum Gasteiger partial charge on any atom is 0.249 e. The summed E-state index contributed by atoms with van der Waals surface area (Å²) in [6, 6.07) is 25.1. The fourth-order valence-corrected chi connectivity index (χ4v) is 7.40. The lowest BCUT2D eigenvalue weighted by molar-refractivity contribution is -0.122. The third kappa shape index (κ3) is 5.29. The first-order chi connectivity index (χ1) is 17.9. The maximum atomic E-state index is 14.2. The number of rotatable bonds is 7. The number of benzene rings is 3. The highest BCUT2D eigenvalue weighted by Crippen LogP contribution is 2.33. The Morgan fingerprint density at radius 1 is 0.919 bits per heavy atom. The van der Waals surface area contributed by atoms with Gasteiger partial charge in [-0.2, -0.15) is 4.31 Å². The molecule has 0 bridgehead atoms. The Kier molecular flexibility index (Phi) is 7.36. The standard InChI is InChI=1S/C28H24FN3O3S2/c29-25-9-5-4-8-24(25)20-10-12-23(13-11-20)37(34,35)32-18-19-36-28(32)27(33)31-26(21-6-2-1-3-7-21)22-14-16-30-17-15-22/h1-17,26,28H,18-19H2,(H,31,33)/t26-,28+/m1/s1. The number of carbonyl (C=O) groups is 1. The van der Waals surface area contributed by atoms with Crippen LogP contribution in [-0.4, -0.2) is 41.3 Å². The Hall–Kier alpha value is -3.53. The van der Waals surface area contributed by atoms with E-state index in [0.717, 1.165) is 11.1 Å². The van der Waals surface area contributed by atoms with Gasteiger partial charge in [0.2, 0.25) is 15.9 Å². The van der Waals surface area contributed by atoms with Crippen molar-refractivity contribution in [3.8, 4) is 11.1 Å². The van der Waals surface area contributed by atoms with E-state index < -0.39 is 21.4 Å². The van der Waals surface area contributed by atoms with Gasteiger partial charge in [-0.25, -0.2) is 12.8 Å². The Bertz CT molecular complexity index is 1440. The van der Waals surface area contributed by atoms with Gasteiger partial charge in [-0.3, -0.25) is 9.78 Å². The summed E-state index contributed by atoms with van der Waals surface area (Å²) in [5, 5.41) is 2.13. The van der Waals surface area contributed by atoms with Gasteiger partial charge >= 0.3 is 0 Å². The van der Waals surface area contributed by atoms with Crippen molar-refractivity contribution in [2.75, 3.05) is 12.3 Å². The van der Waals surface area contributed by atoms with Gasteiger partial charge < -0.3 is 5.32 Å². The number of halogens is 1. The van der Waals surface area contributed by atoms with E-state index in [9.17, 15) is 17.6 Å². The van der Waals surface area contributed by atoms with Crippen LogP contribution in [0.25, 0.3) is 11.1 Å². The van der Waals surface area contributed by atoms with Crippen LogP contribution in [0.3, 0.4) is 0 Å². The Balaban J connectivity index is 1.39. The molecule has 1 saturated heterocycles. The summed E-state index contributed by atoms with van der Waals surface area (Å²) in [4.78, 5) is 17.6. The van der Waals surface area contributed by atoms with Crippen molar-refractivity contribution in [3.63, 3.8) is 0 Å². The van der Waals surface area contributed by atoms with E-state index in [1.807, 2.05) is 42.5 Å². The molecule has 1 N–H and O–H groups in total. The first kappa shape index (κ1) is 25.1. The van der Waals surface area contributed by atoms with Crippen molar-refractivity contribution < 1.29 is 17.6 Å². The minimum atomic E-state index is -3.96. The maximum absolute atomic E-state index is 14.2. The number of amides is 1. The van der Waals surface area contributed by atoms with E-state index in [0.29, 0.717) is 16.9 Å². The Morgan fingerprint density at radius 2 is 1.57 bits per heavy atom. The number of thioether (sulfide) groups is 1. The van der Waals surface area contributed by atoms with Crippen LogP contribution in [0.4, 0.5) is 4.39 Å². The lowest BCUT2D eigenvalue weighted by atomic mass is 9.99. The number of pyridine rings is 1. The van der Waals surface area contributed by atoms with Crippen molar-refractivity contribution in [3.05, 3.63) is 120 Å². The summed E-state index contributed by atoms with van der Waals surface area (Å²) in [6.07, 6.45) is 3.31. The van der Waals surface area contributed by atoms with Crippen LogP contribution < -0.4 is 5.32 Å². The largest absolute Gasteiger partial charge is 0.343 e. The van der Waals surface area contributed by atoms with Crippen molar-refractivity contribution in [1.29, 1.82) is 0 Å². The van der Waals surface area contributed by atoms with E-state index in [-0.39, 0.29) is 23.2 Å². The number of carbonyl (C=O) groups excluding carboxylic acids is 1. The highest BCUT2D eigenvalue weighted by Gasteiger charge is 2.41. The van der Waals surface area contributed by atoms with Gasteiger partial charge in [0.05, 0.1) is 10.9 Å². The molecule has 0 saturated carbocycles. The van der Waals surface area contributed by atoms with Gasteiger partial charge in [0, 0.05) is 30.3 Å². The van der Waals surface area contributed by atoms with E-state index >= 15 is 0 Å². The molecule has 5 rings (SSSR count).